The fourth-order valence-electron chi connectivity index (χ4n) is 4.12. The molecule has 2 unspecified atom stereocenters. The molecule has 0 amide bonds. The lowest BCUT2D eigenvalue weighted by atomic mass is 9.61. The first-order valence-corrected chi connectivity index (χ1v) is 8.96. The zero-order valence-corrected chi connectivity index (χ0v) is 15.8. The van der Waals surface area contributed by atoms with Crippen molar-refractivity contribution in [2.45, 2.75) is 18.8 Å². The number of carboxylic acid groups (broad SMARTS) is 2. The molecule has 1 aliphatic rings. The lowest BCUT2D eigenvalue weighted by Crippen LogP contribution is -2.50. The van der Waals surface area contributed by atoms with Crippen molar-refractivity contribution in [1.82, 2.24) is 0 Å². The fourth-order valence-corrected chi connectivity index (χ4v) is 4.12. The van der Waals surface area contributed by atoms with Crippen LogP contribution in [0.2, 0.25) is 0 Å². The van der Waals surface area contributed by atoms with E-state index in [1.54, 1.807) is 37.3 Å². The molecule has 0 aromatic heterocycles. The van der Waals surface area contributed by atoms with Crippen LogP contribution >= 0.6 is 0 Å². The molecule has 0 heterocycles. The van der Waals surface area contributed by atoms with Gasteiger partial charge in [-0.15, -0.1) is 0 Å². The van der Waals surface area contributed by atoms with Crippen molar-refractivity contribution in [2.24, 2.45) is 5.92 Å². The first kappa shape index (κ1) is 19.4. The van der Waals surface area contributed by atoms with Crippen LogP contribution in [0.25, 0.3) is 0 Å². The Morgan fingerprint density at radius 2 is 1.57 bits per heavy atom. The van der Waals surface area contributed by atoms with Crippen LogP contribution in [0, 0.1) is 5.92 Å². The zero-order valence-electron chi connectivity index (χ0n) is 15.8. The highest BCUT2D eigenvalue weighted by Gasteiger charge is 2.56. The average Bonchev–Trinajstić information content (AvgIpc) is 2.68. The fraction of sp³-hybridized carbons (Fsp3) is 0.217. The van der Waals surface area contributed by atoms with Gasteiger partial charge in [-0.25, -0.2) is 4.79 Å². The maximum absolute atomic E-state index is 12.8. The second-order valence-electron chi connectivity index (χ2n) is 6.84. The summed E-state index contributed by atoms with van der Waals surface area (Å²) in [6.07, 6.45) is 1.79. The maximum atomic E-state index is 12.8. The van der Waals surface area contributed by atoms with Crippen molar-refractivity contribution in [2.75, 3.05) is 7.11 Å². The van der Waals surface area contributed by atoms with Crippen molar-refractivity contribution in [3.05, 3.63) is 94.8 Å². The van der Waals surface area contributed by atoms with E-state index in [1.165, 1.54) is 13.2 Å². The predicted molar refractivity (Wildman–Crippen MR) is 105 cm³/mol. The van der Waals surface area contributed by atoms with E-state index in [0.29, 0.717) is 11.1 Å². The van der Waals surface area contributed by atoms with E-state index in [-0.39, 0.29) is 17.8 Å². The molecule has 0 aliphatic heterocycles. The Morgan fingerprint density at radius 1 is 1.00 bits per heavy atom. The van der Waals surface area contributed by atoms with Crippen molar-refractivity contribution in [3.63, 3.8) is 0 Å². The molecule has 5 nitrogen and oxygen atoms in total. The number of carboxylic acids is 2. The summed E-state index contributed by atoms with van der Waals surface area (Å²) in [5, 5.41) is 20.4. The van der Waals surface area contributed by atoms with Gasteiger partial charge in [0.25, 0.3) is 0 Å². The molecule has 0 radical (unpaired) electrons. The molecule has 0 spiro atoms. The molecule has 2 N–H and O–H groups in total. The molecule has 5 heteroatoms. The van der Waals surface area contributed by atoms with Gasteiger partial charge in [0.2, 0.25) is 0 Å². The van der Waals surface area contributed by atoms with Gasteiger partial charge in [-0.05, 0) is 36.1 Å². The number of aliphatic carboxylic acids is 2. The summed E-state index contributed by atoms with van der Waals surface area (Å²) in [5.41, 5.74) is 0.300. The smallest absolute Gasteiger partial charge is 0.332 e. The van der Waals surface area contributed by atoms with Crippen molar-refractivity contribution < 1.29 is 24.5 Å². The summed E-state index contributed by atoms with van der Waals surface area (Å²) in [5.74, 6) is -2.87. The predicted octanol–water partition coefficient (Wildman–Crippen LogP) is 3.81. The molecular weight excluding hydrogens is 356 g/mol. The normalized spacial score (nSPS) is 21.8. The maximum Gasteiger partial charge on any atom is 0.332 e. The van der Waals surface area contributed by atoms with E-state index in [2.05, 4.69) is 0 Å². The number of methoxy groups -OCH3 is 1. The molecule has 1 aliphatic carbocycles. The number of hydrogen-bond acceptors (Lipinski definition) is 3. The summed E-state index contributed by atoms with van der Waals surface area (Å²) in [6, 6.07) is 18.0. The number of allylic oxidation sites excluding steroid dienone is 2. The van der Waals surface area contributed by atoms with Crippen LogP contribution in [0.15, 0.2) is 83.6 Å². The van der Waals surface area contributed by atoms with Gasteiger partial charge in [-0.1, -0.05) is 60.7 Å². The lowest BCUT2D eigenvalue weighted by molar-refractivity contribution is -0.146. The monoisotopic (exact) mass is 378 g/mol. The van der Waals surface area contributed by atoms with Gasteiger partial charge in [0.15, 0.2) is 5.41 Å². The van der Waals surface area contributed by atoms with Crippen LogP contribution in [-0.2, 0) is 26.2 Å². The number of benzene rings is 2. The van der Waals surface area contributed by atoms with Gasteiger partial charge in [0.1, 0.15) is 5.76 Å². The Kier molecular flexibility index (Phi) is 5.36. The molecule has 0 saturated heterocycles. The first-order valence-electron chi connectivity index (χ1n) is 8.96. The summed E-state index contributed by atoms with van der Waals surface area (Å²) in [6.45, 7) is 1.68. The number of hydrogen-bond donors (Lipinski definition) is 2. The first-order chi connectivity index (χ1) is 13.4. The highest BCUT2D eigenvalue weighted by molar-refractivity contribution is 5.95. The number of rotatable bonds is 6. The van der Waals surface area contributed by atoms with Gasteiger partial charge in [-0.2, -0.15) is 0 Å². The third-order valence-corrected chi connectivity index (χ3v) is 5.33. The third kappa shape index (κ3) is 3.09. The van der Waals surface area contributed by atoms with Gasteiger partial charge < -0.3 is 14.9 Å². The van der Waals surface area contributed by atoms with E-state index >= 15 is 0 Å². The Morgan fingerprint density at radius 3 is 2.07 bits per heavy atom. The van der Waals surface area contributed by atoms with Crippen LogP contribution in [0.3, 0.4) is 0 Å². The molecular formula is C23H22O5. The highest BCUT2D eigenvalue weighted by atomic mass is 16.5. The van der Waals surface area contributed by atoms with E-state index in [1.807, 2.05) is 30.3 Å². The summed E-state index contributed by atoms with van der Waals surface area (Å²) in [7, 11) is 1.42. The Labute approximate surface area is 163 Å². The molecule has 0 fully saturated rings. The zero-order chi connectivity index (χ0) is 20.3. The Hall–Kier alpha value is -3.34. The summed E-state index contributed by atoms with van der Waals surface area (Å²) < 4.78 is 5.54. The van der Waals surface area contributed by atoms with Crippen LogP contribution in [-0.4, -0.2) is 29.3 Å². The summed E-state index contributed by atoms with van der Waals surface area (Å²) >= 11 is 0. The van der Waals surface area contributed by atoms with E-state index in [4.69, 9.17) is 4.74 Å². The molecule has 0 bridgehead atoms. The number of carbonyl (C=O) groups is 2. The minimum absolute atomic E-state index is 0.0934. The molecule has 2 aromatic carbocycles. The quantitative estimate of drug-likeness (QED) is 0.798. The third-order valence-electron chi connectivity index (χ3n) is 5.33. The minimum Gasteiger partial charge on any atom is -0.499 e. The van der Waals surface area contributed by atoms with Crippen LogP contribution < -0.4 is 0 Å². The largest absolute Gasteiger partial charge is 0.499 e. The van der Waals surface area contributed by atoms with Crippen LogP contribution in [0.5, 0.6) is 0 Å². The van der Waals surface area contributed by atoms with Crippen LogP contribution in [0.4, 0.5) is 0 Å². The Balaban J connectivity index is 2.33. The average molecular weight is 378 g/mol. The highest BCUT2D eigenvalue weighted by Crippen LogP contribution is 2.49. The van der Waals surface area contributed by atoms with E-state index in [9.17, 15) is 19.8 Å². The van der Waals surface area contributed by atoms with Gasteiger partial charge in [-0.3, -0.25) is 4.79 Å². The van der Waals surface area contributed by atoms with Gasteiger partial charge >= 0.3 is 11.9 Å². The standard InChI is InChI=1S/C23H22O5/c1-15-13-19(28-2)23(22(26)27,17-11-7-4-8-12-17)18(20(15)21(24)25)14-16-9-5-3-6-10-16/h3-13,18H,14H2,1-2H3,(H,24,25)(H,26,27). The lowest BCUT2D eigenvalue weighted by Gasteiger charge is -2.42. The van der Waals surface area contributed by atoms with Gasteiger partial charge in [0.05, 0.1) is 7.11 Å². The molecule has 2 atom stereocenters. The molecule has 0 saturated carbocycles. The minimum atomic E-state index is -1.64. The second kappa shape index (κ2) is 7.72. The van der Waals surface area contributed by atoms with E-state index in [0.717, 1.165) is 5.56 Å². The molecule has 3 rings (SSSR count). The molecule has 2 aromatic rings. The Bertz CT molecular complexity index is 943. The van der Waals surface area contributed by atoms with Crippen molar-refractivity contribution in [1.29, 1.82) is 0 Å². The van der Waals surface area contributed by atoms with E-state index < -0.39 is 23.3 Å². The summed E-state index contributed by atoms with van der Waals surface area (Å²) in [4.78, 5) is 25.0. The second-order valence-corrected chi connectivity index (χ2v) is 6.84. The molecule has 28 heavy (non-hydrogen) atoms. The van der Waals surface area contributed by atoms with Crippen molar-refractivity contribution in [3.8, 4) is 0 Å². The van der Waals surface area contributed by atoms with Crippen molar-refractivity contribution >= 4 is 11.9 Å². The topological polar surface area (TPSA) is 83.8 Å². The molecule has 144 valence electrons. The SMILES string of the molecule is COC1=CC(C)=C(C(=O)O)C(Cc2ccccc2)C1(C(=O)O)c1ccccc1. The van der Waals surface area contributed by atoms with Crippen LogP contribution in [0.1, 0.15) is 18.1 Å². The van der Waals surface area contributed by atoms with Gasteiger partial charge in [0, 0.05) is 11.5 Å². The number of ether oxygens (including phenoxy) is 1.